The standard InChI is InChI=1S/C28H30ClF3N6O2S/c1-17(20-9-6-10-21(24(20)30)26(31)32)33-27-22-15-23(25(29)36-28(22)35-18(2)34-27)41(39,40)38-13-11-37(12-14-38)16-19-7-4-3-5-8-19/h3-10,15,17,25-26H,11-14,16H2,1-2H3,(H2,33,34,35,36)/t17-,25?/m1/s1. The summed E-state index contributed by atoms with van der Waals surface area (Å²) in [6.07, 6.45) is -1.53. The normalized spacial score (nSPS) is 18.9. The minimum Gasteiger partial charge on any atom is -0.363 e. The lowest BCUT2D eigenvalue weighted by atomic mass is 10.0. The molecule has 0 spiro atoms. The van der Waals surface area contributed by atoms with E-state index in [1.165, 1.54) is 22.5 Å². The van der Waals surface area contributed by atoms with E-state index < -0.39 is 39.4 Å². The van der Waals surface area contributed by atoms with Crippen molar-refractivity contribution < 1.29 is 21.6 Å². The smallest absolute Gasteiger partial charge is 0.266 e. The van der Waals surface area contributed by atoms with E-state index in [2.05, 4.69) is 25.5 Å². The molecule has 5 rings (SSSR count). The molecule has 0 bridgehead atoms. The summed E-state index contributed by atoms with van der Waals surface area (Å²) >= 11 is 6.53. The fraction of sp³-hybridized carbons (Fsp3) is 0.357. The van der Waals surface area contributed by atoms with Crippen LogP contribution in [0.5, 0.6) is 0 Å². The van der Waals surface area contributed by atoms with Gasteiger partial charge in [-0.25, -0.2) is 31.6 Å². The molecule has 8 nitrogen and oxygen atoms in total. The number of anilines is 2. The summed E-state index contributed by atoms with van der Waals surface area (Å²) in [6, 6.07) is 13.0. The predicted molar refractivity (Wildman–Crippen MR) is 154 cm³/mol. The molecule has 0 amide bonds. The van der Waals surface area contributed by atoms with Gasteiger partial charge in [-0.1, -0.05) is 60.1 Å². The first-order valence-electron chi connectivity index (χ1n) is 13.1. The van der Waals surface area contributed by atoms with Gasteiger partial charge in [-0.2, -0.15) is 4.31 Å². The zero-order valence-corrected chi connectivity index (χ0v) is 24.1. The molecule has 3 aromatic rings. The number of nitrogens with zero attached hydrogens (tertiary/aromatic N) is 4. The van der Waals surface area contributed by atoms with Crippen LogP contribution in [0.4, 0.5) is 24.8 Å². The quantitative estimate of drug-likeness (QED) is 0.258. The molecule has 1 fully saturated rings. The van der Waals surface area contributed by atoms with Gasteiger partial charge in [-0.3, -0.25) is 4.90 Å². The summed E-state index contributed by atoms with van der Waals surface area (Å²) in [4.78, 5) is 10.9. The average molecular weight is 607 g/mol. The molecular weight excluding hydrogens is 577 g/mol. The van der Waals surface area contributed by atoms with Gasteiger partial charge in [-0.15, -0.1) is 0 Å². The Morgan fingerprint density at radius 3 is 2.41 bits per heavy atom. The predicted octanol–water partition coefficient (Wildman–Crippen LogP) is 5.51. The number of piperazine rings is 1. The maximum absolute atomic E-state index is 14.8. The first-order valence-corrected chi connectivity index (χ1v) is 15.0. The first kappa shape index (κ1) is 29.3. The van der Waals surface area contributed by atoms with Crippen LogP contribution >= 0.6 is 11.6 Å². The lowest BCUT2D eigenvalue weighted by molar-refractivity contribution is 0.146. The van der Waals surface area contributed by atoms with Crippen LogP contribution < -0.4 is 10.6 Å². The van der Waals surface area contributed by atoms with Crippen LogP contribution in [-0.4, -0.2) is 59.3 Å². The molecule has 218 valence electrons. The van der Waals surface area contributed by atoms with E-state index >= 15 is 0 Å². The Morgan fingerprint density at radius 1 is 1.05 bits per heavy atom. The van der Waals surface area contributed by atoms with Gasteiger partial charge in [0.2, 0.25) is 10.0 Å². The number of alkyl halides is 3. The molecule has 2 aliphatic heterocycles. The van der Waals surface area contributed by atoms with Gasteiger partial charge in [0.15, 0.2) is 0 Å². The van der Waals surface area contributed by atoms with Gasteiger partial charge in [-0.05, 0) is 25.5 Å². The largest absolute Gasteiger partial charge is 0.363 e. The van der Waals surface area contributed by atoms with Crippen molar-refractivity contribution in [2.24, 2.45) is 0 Å². The fourth-order valence-corrected chi connectivity index (χ4v) is 7.06. The summed E-state index contributed by atoms with van der Waals surface area (Å²) in [7, 11) is -3.96. The number of hydrogen-bond donors (Lipinski definition) is 2. The zero-order chi connectivity index (χ0) is 29.3. The van der Waals surface area contributed by atoms with Gasteiger partial charge in [0.05, 0.1) is 22.1 Å². The van der Waals surface area contributed by atoms with Crippen LogP contribution in [-0.2, 0) is 16.6 Å². The molecule has 2 aliphatic rings. The SMILES string of the molecule is Cc1nc2c(c(N[C@H](C)c3cccc(C(F)F)c3F)n1)C=C(S(=O)(=O)N1CCN(Cc3ccccc3)CC1)C(Cl)N2. The van der Waals surface area contributed by atoms with Gasteiger partial charge in [0.1, 0.15) is 28.8 Å². The number of aryl methyl sites for hydroxylation is 1. The summed E-state index contributed by atoms with van der Waals surface area (Å²) in [6.45, 7) is 5.71. The number of aromatic nitrogens is 2. The van der Waals surface area contributed by atoms with Crippen LogP contribution in [0.2, 0.25) is 0 Å². The van der Waals surface area contributed by atoms with Crippen molar-refractivity contribution in [3.05, 3.63) is 87.3 Å². The number of halogens is 4. The molecule has 1 unspecified atom stereocenters. The number of sulfonamides is 1. The van der Waals surface area contributed by atoms with Gasteiger partial charge >= 0.3 is 0 Å². The van der Waals surface area contributed by atoms with E-state index in [4.69, 9.17) is 11.6 Å². The van der Waals surface area contributed by atoms with Crippen LogP contribution in [0.15, 0.2) is 53.4 Å². The first-order chi connectivity index (χ1) is 19.5. The lowest BCUT2D eigenvalue weighted by Crippen LogP contribution is -2.49. The molecule has 0 radical (unpaired) electrons. The Hall–Kier alpha value is -3.19. The monoisotopic (exact) mass is 606 g/mol. The second kappa shape index (κ2) is 12.0. The average Bonchev–Trinajstić information content (AvgIpc) is 2.93. The van der Waals surface area contributed by atoms with Crippen molar-refractivity contribution in [3.8, 4) is 0 Å². The molecule has 1 saturated heterocycles. The van der Waals surface area contributed by atoms with E-state index in [0.29, 0.717) is 43.4 Å². The van der Waals surface area contributed by atoms with Crippen LogP contribution in [0.1, 0.15) is 47.5 Å². The zero-order valence-electron chi connectivity index (χ0n) is 22.5. The Balaban J connectivity index is 1.39. The van der Waals surface area contributed by atoms with Crippen LogP contribution in [0.25, 0.3) is 6.08 Å². The summed E-state index contributed by atoms with van der Waals surface area (Å²) < 4.78 is 70.2. The molecule has 0 saturated carbocycles. The highest BCUT2D eigenvalue weighted by atomic mass is 35.5. The highest BCUT2D eigenvalue weighted by molar-refractivity contribution is 7.93. The van der Waals surface area contributed by atoms with E-state index in [1.807, 2.05) is 30.3 Å². The lowest BCUT2D eigenvalue weighted by Gasteiger charge is -2.35. The Morgan fingerprint density at radius 2 is 1.73 bits per heavy atom. The third-order valence-electron chi connectivity index (χ3n) is 7.19. The van der Waals surface area contributed by atoms with Crippen LogP contribution in [0.3, 0.4) is 0 Å². The summed E-state index contributed by atoms with van der Waals surface area (Å²) in [5.74, 6) is -0.129. The topological polar surface area (TPSA) is 90.5 Å². The second-order valence-corrected chi connectivity index (χ2v) is 12.4. The van der Waals surface area contributed by atoms with Gasteiger partial charge in [0.25, 0.3) is 6.43 Å². The molecule has 3 heterocycles. The van der Waals surface area contributed by atoms with Crippen LogP contribution in [0, 0.1) is 12.7 Å². The third-order valence-corrected chi connectivity index (χ3v) is 9.66. The van der Waals surface area contributed by atoms with Crippen molar-refractivity contribution in [1.82, 2.24) is 19.2 Å². The van der Waals surface area contributed by atoms with Crippen molar-refractivity contribution in [1.29, 1.82) is 0 Å². The van der Waals surface area contributed by atoms with E-state index in [9.17, 15) is 21.6 Å². The molecule has 2 atom stereocenters. The Labute approximate surface area is 242 Å². The van der Waals surface area contributed by atoms with Crippen molar-refractivity contribution in [3.63, 3.8) is 0 Å². The molecular formula is C28H30ClF3N6O2S. The Bertz CT molecular complexity index is 1550. The van der Waals surface area contributed by atoms with Gasteiger partial charge < -0.3 is 10.6 Å². The Kier molecular flexibility index (Phi) is 8.55. The minimum absolute atomic E-state index is 0.0250. The number of nitrogens with one attached hydrogen (secondary N) is 2. The minimum atomic E-state index is -3.96. The van der Waals surface area contributed by atoms with E-state index in [1.54, 1.807) is 13.8 Å². The molecule has 2 aromatic carbocycles. The number of hydrogen-bond acceptors (Lipinski definition) is 7. The van der Waals surface area contributed by atoms with Gasteiger partial charge in [0, 0.05) is 38.3 Å². The van der Waals surface area contributed by atoms with E-state index in [-0.39, 0.29) is 16.3 Å². The molecule has 41 heavy (non-hydrogen) atoms. The highest BCUT2D eigenvalue weighted by Crippen LogP contribution is 2.37. The number of rotatable bonds is 8. The summed E-state index contributed by atoms with van der Waals surface area (Å²) in [5, 5.41) is 5.99. The maximum Gasteiger partial charge on any atom is 0.266 e. The molecule has 0 aliphatic carbocycles. The fourth-order valence-electron chi connectivity index (χ4n) is 5.02. The van der Waals surface area contributed by atoms with Crippen molar-refractivity contribution >= 4 is 39.3 Å². The number of benzene rings is 2. The molecule has 13 heteroatoms. The maximum atomic E-state index is 14.8. The van der Waals surface area contributed by atoms with Crippen molar-refractivity contribution in [2.45, 2.75) is 38.4 Å². The molecule has 2 N–H and O–H groups in total. The second-order valence-electron chi connectivity index (χ2n) is 10.0. The number of fused-ring (bicyclic) bond motifs is 1. The molecule has 1 aromatic heterocycles. The third kappa shape index (κ3) is 6.20. The van der Waals surface area contributed by atoms with E-state index in [0.717, 1.165) is 18.2 Å². The highest BCUT2D eigenvalue weighted by Gasteiger charge is 2.37. The van der Waals surface area contributed by atoms with Crippen molar-refractivity contribution in [2.75, 3.05) is 36.8 Å². The summed E-state index contributed by atoms with van der Waals surface area (Å²) in [5.41, 5.74) is -0.260.